The fraction of sp³-hybridized carbons (Fsp3) is 1.00. The van der Waals surface area contributed by atoms with Crippen molar-refractivity contribution in [2.45, 2.75) is 11.5 Å². The molecule has 0 aliphatic carbocycles. The van der Waals surface area contributed by atoms with Gasteiger partial charge in [0.05, 0.1) is 18.3 Å². The topological polar surface area (TPSA) is 94.2 Å². The Kier molecular flexibility index (Phi) is 6.53. The van der Waals surface area contributed by atoms with E-state index in [1.54, 1.807) is 0 Å². The third-order valence-electron chi connectivity index (χ3n) is 2.68. The van der Waals surface area contributed by atoms with E-state index in [1.807, 2.05) is 0 Å². The van der Waals surface area contributed by atoms with Gasteiger partial charge in [0.15, 0.2) is 0 Å². The molecule has 0 aliphatic rings. The number of aliphatic hydroxyl groups is 2. The second-order valence-electron chi connectivity index (χ2n) is 3.30. The lowest BCUT2D eigenvalue weighted by molar-refractivity contribution is 0.0397. The van der Waals surface area contributed by atoms with Crippen LogP contribution < -0.4 is 5.73 Å². The molecule has 0 saturated heterocycles. The highest BCUT2D eigenvalue weighted by Gasteiger charge is 2.59. The molecule has 0 aromatic rings. The monoisotopic (exact) mass is 239 g/mol. The van der Waals surface area contributed by atoms with Gasteiger partial charge >= 0.3 is 8.80 Å². The van der Waals surface area contributed by atoms with Gasteiger partial charge in [0.2, 0.25) is 0 Å². The number of aliphatic hydroxyl groups excluding tert-OH is 2. The maximum Gasteiger partial charge on any atom is 0.511 e. The van der Waals surface area contributed by atoms with Gasteiger partial charge in [-0.25, -0.2) is 0 Å². The van der Waals surface area contributed by atoms with Gasteiger partial charge in [-0.1, -0.05) is 0 Å². The third-order valence-corrected chi connectivity index (χ3v) is 6.16. The summed E-state index contributed by atoms with van der Waals surface area (Å²) in [5.74, 6) is 0. The average Bonchev–Trinajstić information content (AvgIpc) is 2.30. The van der Waals surface area contributed by atoms with E-state index < -0.39 is 13.8 Å². The van der Waals surface area contributed by atoms with E-state index in [0.717, 1.165) is 0 Å². The molecule has 0 bridgehead atoms. The SMILES string of the molecule is CO[Si](OC)(OC)C(CO)(CO)CCN. The van der Waals surface area contributed by atoms with Crippen molar-refractivity contribution in [3.63, 3.8) is 0 Å². The van der Waals surface area contributed by atoms with Crippen LogP contribution in [0.15, 0.2) is 0 Å². The zero-order chi connectivity index (χ0) is 11.9. The van der Waals surface area contributed by atoms with Crippen molar-refractivity contribution in [2.24, 2.45) is 5.73 Å². The molecule has 6 nitrogen and oxygen atoms in total. The minimum Gasteiger partial charge on any atom is -0.396 e. The van der Waals surface area contributed by atoms with E-state index in [9.17, 15) is 10.2 Å². The van der Waals surface area contributed by atoms with Crippen molar-refractivity contribution >= 4 is 8.80 Å². The first-order valence-electron chi connectivity index (χ1n) is 4.69. The summed E-state index contributed by atoms with van der Waals surface area (Å²) in [7, 11) is 1.22. The molecule has 0 amide bonds. The van der Waals surface area contributed by atoms with Gasteiger partial charge in [0, 0.05) is 21.3 Å². The Bertz CT molecular complexity index is 164. The van der Waals surface area contributed by atoms with Crippen LogP contribution in [0, 0.1) is 0 Å². The van der Waals surface area contributed by atoms with Gasteiger partial charge in [-0.2, -0.15) is 0 Å². The summed E-state index contributed by atoms with van der Waals surface area (Å²) in [5.41, 5.74) is 5.46. The lowest BCUT2D eigenvalue weighted by atomic mass is 10.1. The Balaban J connectivity index is 5.13. The Morgan fingerprint density at radius 1 is 1.07 bits per heavy atom. The maximum atomic E-state index is 9.42. The molecule has 0 aromatic heterocycles. The number of hydrogen-bond acceptors (Lipinski definition) is 6. The van der Waals surface area contributed by atoms with Crippen LogP contribution in [0.1, 0.15) is 6.42 Å². The second-order valence-corrected chi connectivity index (χ2v) is 6.70. The minimum absolute atomic E-state index is 0.289. The van der Waals surface area contributed by atoms with E-state index in [4.69, 9.17) is 19.0 Å². The van der Waals surface area contributed by atoms with Crippen molar-refractivity contribution in [3.8, 4) is 0 Å². The first kappa shape index (κ1) is 15.0. The van der Waals surface area contributed by atoms with Crippen molar-refractivity contribution in [3.05, 3.63) is 0 Å². The molecule has 0 unspecified atom stereocenters. The molecular weight excluding hydrogens is 218 g/mol. The van der Waals surface area contributed by atoms with E-state index in [2.05, 4.69) is 0 Å². The largest absolute Gasteiger partial charge is 0.511 e. The van der Waals surface area contributed by atoms with Crippen molar-refractivity contribution in [2.75, 3.05) is 41.1 Å². The summed E-state index contributed by atoms with van der Waals surface area (Å²) in [6.45, 7) is -0.267. The quantitative estimate of drug-likeness (QED) is 0.467. The highest BCUT2D eigenvalue weighted by atomic mass is 28.4. The molecule has 0 rings (SSSR count). The average molecular weight is 239 g/mol. The van der Waals surface area contributed by atoms with Gasteiger partial charge in [0.25, 0.3) is 0 Å². The molecule has 7 heteroatoms. The molecule has 0 fully saturated rings. The Morgan fingerprint density at radius 2 is 1.47 bits per heavy atom. The summed E-state index contributed by atoms with van der Waals surface area (Å²) in [5, 5.41) is 17.9. The molecule has 4 N–H and O–H groups in total. The molecular formula is C8H21NO5Si. The van der Waals surface area contributed by atoms with Crippen molar-refractivity contribution in [1.29, 1.82) is 0 Å². The van der Waals surface area contributed by atoms with Crippen LogP contribution in [0.4, 0.5) is 0 Å². The van der Waals surface area contributed by atoms with Gasteiger partial charge in [0.1, 0.15) is 0 Å². The van der Waals surface area contributed by atoms with E-state index >= 15 is 0 Å². The minimum atomic E-state index is -3.10. The van der Waals surface area contributed by atoms with Gasteiger partial charge in [-0.05, 0) is 13.0 Å². The predicted molar refractivity (Wildman–Crippen MR) is 57.3 cm³/mol. The van der Waals surface area contributed by atoms with Crippen LogP contribution in [0.5, 0.6) is 0 Å². The standard InChI is InChI=1S/C8H21NO5Si/c1-12-15(13-2,14-3)8(6-10,7-11)4-5-9/h10-11H,4-7,9H2,1-3H3. The highest BCUT2D eigenvalue weighted by Crippen LogP contribution is 2.41. The highest BCUT2D eigenvalue weighted by molar-refractivity contribution is 6.64. The summed E-state index contributed by atoms with van der Waals surface area (Å²) < 4.78 is 15.8. The first-order valence-corrected chi connectivity index (χ1v) is 6.41. The molecule has 0 aliphatic heterocycles. The molecule has 0 radical (unpaired) electrons. The van der Waals surface area contributed by atoms with Crippen molar-refractivity contribution in [1.82, 2.24) is 0 Å². The Morgan fingerprint density at radius 3 is 1.67 bits per heavy atom. The summed E-state index contributed by atoms with van der Waals surface area (Å²) in [4.78, 5) is 0. The molecule has 92 valence electrons. The van der Waals surface area contributed by atoms with Gasteiger partial charge in [-0.3, -0.25) is 0 Å². The van der Waals surface area contributed by atoms with E-state index in [1.165, 1.54) is 21.3 Å². The second kappa shape index (κ2) is 6.54. The molecule has 0 spiro atoms. The molecule has 15 heavy (non-hydrogen) atoms. The summed E-state index contributed by atoms with van der Waals surface area (Å²) in [6, 6.07) is 0. The lowest BCUT2D eigenvalue weighted by Crippen LogP contribution is -2.58. The van der Waals surface area contributed by atoms with Crippen LogP contribution in [-0.4, -0.2) is 60.1 Å². The number of nitrogens with two attached hydrogens (primary N) is 1. The third kappa shape index (κ3) is 2.56. The van der Waals surface area contributed by atoms with Gasteiger partial charge in [-0.15, -0.1) is 0 Å². The lowest BCUT2D eigenvalue weighted by Gasteiger charge is -2.41. The van der Waals surface area contributed by atoms with Crippen LogP contribution in [0.2, 0.25) is 5.04 Å². The fourth-order valence-electron chi connectivity index (χ4n) is 1.73. The molecule has 0 aromatic carbocycles. The van der Waals surface area contributed by atoms with E-state index in [-0.39, 0.29) is 13.2 Å². The molecule has 0 heterocycles. The number of rotatable bonds is 8. The zero-order valence-corrected chi connectivity index (χ0v) is 10.5. The van der Waals surface area contributed by atoms with Crippen LogP contribution in [0.25, 0.3) is 0 Å². The van der Waals surface area contributed by atoms with Crippen LogP contribution in [-0.2, 0) is 13.3 Å². The van der Waals surface area contributed by atoms with E-state index in [0.29, 0.717) is 13.0 Å². The summed E-state index contributed by atoms with van der Waals surface area (Å²) >= 11 is 0. The van der Waals surface area contributed by atoms with Gasteiger partial charge < -0.3 is 29.2 Å². The molecule has 0 atom stereocenters. The van der Waals surface area contributed by atoms with Crippen LogP contribution >= 0.6 is 0 Å². The predicted octanol–water partition coefficient (Wildman–Crippen LogP) is -1.06. The normalized spacial score (nSPS) is 13.2. The molecule has 0 saturated carbocycles. The maximum absolute atomic E-state index is 9.42. The summed E-state index contributed by atoms with van der Waals surface area (Å²) in [6.07, 6.45) is 0.377. The number of hydrogen-bond donors (Lipinski definition) is 3. The van der Waals surface area contributed by atoms with Crippen molar-refractivity contribution < 1.29 is 23.5 Å². The fourth-order valence-corrected chi connectivity index (χ4v) is 4.37. The Hall–Kier alpha value is -0.0231. The van der Waals surface area contributed by atoms with Crippen LogP contribution in [0.3, 0.4) is 0 Å². The zero-order valence-electron chi connectivity index (χ0n) is 9.52. The first-order chi connectivity index (χ1) is 7.11. The smallest absolute Gasteiger partial charge is 0.396 e. The Labute approximate surface area is 91.3 Å².